The van der Waals surface area contributed by atoms with Gasteiger partial charge in [0.1, 0.15) is 0 Å². The molecule has 0 bridgehead atoms. The van der Waals surface area contributed by atoms with Crippen LogP contribution in [0, 0.1) is 5.41 Å². The van der Waals surface area contributed by atoms with E-state index in [2.05, 4.69) is 42.3 Å². The van der Waals surface area contributed by atoms with Crippen molar-refractivity contribution in [2.75, 3.05) is 6.61 Å². The Balaban J connectivity index is 2.05. The van der Waals surface area contributed by atoms with Crippen molar-refractivity contribution < 1.29 is 9.53 Å². The fourth-order valence-electron chi connectivity index (χ4n) is 4.69. The summed E-state index contributed by atoms with van der Waals surface area (Å²) < 4.78 is 5.43. The third kappa shape index (κ3) is 1.42. The fraction of sp³-hybridized carbons (Fsp3) is 0.350. The second-order valence-electron chi connectivity index (χ2n) is 6.89. The number of carbonyl (C=O) groups excluding carboxylic acids is 1. The van der Waals surface area contributed by atoms with E-state index in [9.17, 15) is 4.79 Å². The molecule has 1 heterocycles. The summed E-state index contributed by atoms with van der Waals surface area (Å²) in [5.74, 6) is -0.294. The van der Waals surface area contributed by atoms with Crippen LogP contribution in [0.15, 0.2) is 64.8 Å². The van der Waals surface area contributed by atoms with E-state index in [-0.39, 0.29) is 5.97 Å². The minimum absolute atomic E-state index is 0.294. The van der Waals surface area contributed by atoms with E-state index in [4.69, 9.17) is 4.74 Å². The minimum atomic E-state index is -1.01. The number of benzene rings is 2. The number of azo groups is 1. The van der Waals surface area contributed by atoms with Crippen LogP contribution in [0.25, 0.3) is 0 Å². The second kappa shape index (κ2) is 4.76. The van der Waals surface area contributed by atoms with Crippen LogP contribution in [0.3, 0.4) is 0 Å². The number of ether oxygens (including phenoxy) is 1. The molecule has 0 unspecified atom stereocenters. The highest BCUT2D eigenvalue weighted by Gasteiger charge is 2.90. The molecule has 122 valence electrons. The Morgan fingerprint density at radius 2 is 1.71 bits per heavy atom. The molecule has 0 radical (unpaired) electrons. The highest BCUT2D eigenvalue weighted by atomic mass is 16.5. The summed E-state index contributed by atoms with van der Waals surface area (Å²) >= 11 is 0. The Morgan fingerprint density at radius 1 is 1.04 bits per heavy atom. The van der Waals surface area contributed by atoms with Crippen molar-refractivity contribution in [3.05, 3.63) is 65.7 Å². The van der Waals surface area contributed by atoms with Gasteiger partial charge in [0.05, 0.1) is 17.7 Å². The molecule has 4 rings (SSSR count). The molecule has 1 fully saturated rings. The number of esters is 1. The molecule has 0 N–H and O–H groups in total. The Bertz CT molecular complexity index is 844. The van der Waals surface area contributed by atoms with Crippen molar-refractivity contribution in [1.82, 2.24) is 0 Å². The molecule has 2 aromatic rings. The summed E-state index contributed by atoms with van der Waals surface area (Å²) in [5.41, 5.74) is 0.964. The molecule has 0 spiro atoms. The highest BCUT2D eigenvalue weighted by Crippen LogP contribution is 2.79. The standard InChI is InChI=1S/C20H20N2O2/c1-4-24-17(23)20-18(2,3)19(20,14-10-6-5-7-11-14)15-12-8-9-13-16(15)21-22-20/h5-13H,4H2,1-3H3/t19-,20+/m0/s1. The first kappa shape index (κ1) is 15.1. The van der Waals surface area contributed by atoms with Gasteiger partial charge in [-0.05, 0) is 24.1 Å². The number of hydrogen-bond acceptors (Lipinski definition) is 4. The summed E-state index contributed by atoms with van der Waals surface area (Å²) in [5, 5.41) is 8.93. The van der Waals surface area contributed by atoms with Crippen LogP contribution in [0.4, 0.5) is 5.69 Å². The van der Waals surface area contributed by atoms with Gasteiger partial charge in [0.15, 0.2) is 5.54 Å². The van der Waals surface area contributed by atoms with Crippen molar-refractivity contribution in [1.29, 1.82) is 0 Å². The van der Waals surface area contributed by atoms with Crippen molar-refractivity contribution in [3.8, 4) is 0 Å². The third-order valence-corrected chi connectivity index (χ3v) is 5.72. The van der Waals surface area contributed by atoms with Gasteiger partial charge in [0.2, 0.25) is 0 Å². The summed E-state index contributed by atoms with van der Waals surface area (Å²) in [7, 11) is 0. The van der Waals surface area contributed by atoms with Crippen molar-refractivity contribution >= 4 is 11.7 Å². The average molecular weight is 320 g/mol. The SMILES string of the molecule is CCOC(=O)[C@]12N=Nc3ccccc3[C@@]1(c1ccccc1)C2(C)C. The van der Waals surface area contributed by atoms with E-state index in [1.807, 2.05) is 43.3 Å². The van der Waals surface area contributed by atoms with Crippen LogP contribution >= 0.6 is 0 Å². The van der Waals surface area contributed by atoms with Crippen LogP contribution in [0.2, 0.25) is 0 Å². The monoisotopic (exact) mass is 320 g/mol. The molecule has 4 nitrogen and oxygen atoms in total. The van der Waals surface area contributed by atoms with E-state index in [1.54, 1.807) is 0 Å². The topological polar surface area (TPSA) is 51.0 Å². The number of hydrogen-bond donors (Lipinski definition) is 0. The van der Waals surface area contributed by atoms with Gasteiger partial charge in [-0.3, -0.25) is 0 Å². The van der Waals surface area contributed by atoms with Crippen LogP contribution < -0.4 is 0 Å². The van der Waals surface area contributed by atoms with E-state index in [1.165, 1.54) is 0 Å². The highest BCUT2D eigenvalue weighted by molar-refractivity contribution is 5.95. The first-order chi connectivity index (χ1) is 11.5. The molecule has 2 atom stereocenters. The molecule has 1 saturated carbocycles. The maximum Gasteiger partial charge on any atom is 0.337 e. The van der Waals surface area contributed by atoms with Gasteiger partial charge in [0, 0.05) is 5.41 Å². The molecule has 2 aliphatic rings. The van der Waals surface area contributed by atoms with Gasteiger partial charge >= 0.3 is 5.97 Å². The van der Waals surface area contributed by atoms with Crippen LogP contribution in [-0.2, 0) is 14.9 Å². The zero-order valence-electron chi connectivity index (χ0n) is 14.1. The Labute approximate surface area is 141 Å². The smallest absolute Gasteiger partial charge is 0.337 e. The number of carbonyl (C=O) groups is 1. The summed E-state index contributed by atoms with van der Waals surface area (Å²) in [6, 6.07) is 18.1. The van der Waals surface area contributed by atoms with E-state index in [0.717, 1.165) is 16.8 Å². The summed E-state index contributed by atoms with van der Waals surface area (Å²) in [6.45, 7) is 6.32. The zero-order chi connectivity index (χ0) is 17.0. The van der Waals surface area contributed by atoms with Gasteiger partial charge in [-0.15, -0.1) is 0 Å². The molecule has 4 heteroatoms. The van der Waals surface area contributed by atoms with Crippen molar-refractivity contribution in [3.63, 3.8) is 0 Å². The maximum atomic E-state index is 13.0. The summed E-state index contributed by atoms with van der Waals surface area (Å²) in [6.07, 6.45) is 0. The van der Waals surface area contributed by atoms with E-state index < -0.39 is 16.4 Å². The molecular formula is C20H20N2O2. The lowest BCUT2D eigenvalue weighted by molar-refractivity contribution is -0.147. The minimum Gasteiger partial charge on any atom is -0.464 e. The maximum absolute atomic E-state index is 13.0. The Hall–Kier alpha value is -2.49. The predicted molar refractivity (Wildman–Crippen MR) is 91.3 cm³/mol. The van der Waals surface area contributed by atoms with Gasteiger partial charge in [-0.25, -0.2) is 4.79 Å². The number of rotatable bonds is 3. The first-order valence-electron chi connectivity index (χ1n) is 8.29. The number of fused-ring (bicyclic) bond motifs is 3. The first-order valence-corrected chi connectivity index (χ1v) is 8.29. The molecule has 0 amide bonds. The van der Waals surface area contributed by atoms with Gasteiger partial charge in [-0.2, -0.15) is 10.2 Å². The largest absolute Gasteiger partial charge is 0.464 e. The lowest BCUT2D eigenvalue weighted by Gasteiger charge is -2.26. The van der Waals surface area contributed by atoms with Gasteiger partial charge in [-0.1, -0.05) is 62.4 Å². The molecule has 1 aliphatic carbocycles. The zero-order valence-corrected chi connectivity index (χ0v) is 14.1. The lowest BCUT2D eigenvalue weighted by atomic mass is 9.79. The Kier molecular flexibility index (Phi) is 2.99. The van der Waals surface area contributed by atoms with Crippen LogP contribution in [0.1, 0.15) is 31.9 Å². The van der Waals surface area contributed by atoms with E-state index >= 15 is 0 Å². The normalized spacial score (nSPS) is 28.6. The number of nitrogens with zero attached hydrogens (tertiary/aromatic N) is 2. The van der Waals surface area contributed by atoms with Crippen molar-refractivity contribution in [2.24, 2.45) is 15.6 Å². The predicted octanol–water partition coefficient (Wildman–Crippen LogP) is 4.41. The van der Waals surface area contributed by atoms with Gasteiger partial charge in [0.25, 0.3) is 0 Å². The fourth-order valence-corrected chi connectivity index (χ4v) is 4.69. The molecule has 0 aromatic heterocycles. The molecule has 0 saturated heterocycles. The molecular weight excluding hydrogens is 300 g/mol. The second-order valence-corrected chi connectivity index (χ2v) is 6.89. The molecule has 1 aliphatic heterocycles. The summed E-state index contributed by atoms with van der Waals surface area (Å²) in [4.78, 5) is 13.0. The quantitative estimate of drug-likeness (QED) is 0.786. The average Bonchev–Trinajstić information content (AvgIpc) is 3.09. The van der Waals surface area contributed by atoms with Crippen LogP contribution in [-0.4, -0.2) is 18.1 Å². The molecule has 2 aromatic carbocycles. The van der Waals surface area contributed by atoms with Crippen LogP contribution in [0.5, 0.6) is 0 Å². The van der Waals surface area contributed by atoms with Crippen molar-refractivity contribution in [2.45, 2.75) is 31.7 Å². The Morgan fingerprint density at radius 3 is 2.42 bits per heavy atom. The molecule has 24 heavy (non-hydrogen) atoms. The third-order valence-electron chi connectivity index (χ3n) is 5.72. The lowest BCUT2D eigenvalue weighted by Crippen LogP contribution is -2.35. The van der Waals surface area contributed by atoms with Gasteiger partial charge < -0.3 is 4.74 Å². The van der Waals surface area contributed by atoms with E-state index in [0.29, 0.717) is 6.61 Å².